The van der Waals surface area contributed by atoms with Crippen LogP contribution in [0.1, 0.15) is 12.0 Å². The second-order valence-corrected chi connectivity index (χ2v) is 2.82. The summed E-state index contributed by atoms with van der Waals surface area (Å²) >= 11 is 0. The highest BCUT2D eigenvalue weighted by Gasteiger charge is 2.16. The SMILES string of the molecule is C=C1CCOc2c(F)cccc21. The zero-order valence-corrected chi connectivity index (χ0v) is 6.64. The summed E-state index contributed by atoms with van der Waals surface area (Å²) in [6.07, 6.45) is 0.788. The van der Waals surface area contributed by atoms with Crippen LogP contribution >= 0.6 is 0 Å². The second-order valence-electron chi connectivity index (χ2n) is 2.82. The number of hydrogen-bond acceptors (Lipinski definition) is 1. The van der Waals surface area contributed by atoms with E-state index in [1.807, 2.05) is 6.07 Å². The molecule has 0 aliphatic carbocycles. The minimum absolute atomic E-state index is 0.298. The first-order valence-electron chi connectivity index (χ1n) is 3.88. The normalized spacial score (nSPS) is 15.2. The molecule has 0 N–H and O–H groups in total. The topological polar surface area (TPSA) is 9.23 Å². The Morgan fingerprint density at radius 3 is 3.00 bits per heavy atom. The van der Waals surface area contributed by atoms with Crippen LogP contribution < -0.4 is 4.74 Å². The van der Waals surface area contributed by atoms with E-state index < -0.39 is 0 Å². The van der Waals surface area contributed by atoms with Crippen molar-refractivity contribution in [2.75, 3.05) is 6.61 Å². The van der Waals surface area contributed by atoms with Gasteiger partial charge in [-0.1, -0.05) is 18.7 Å². The fraction of sp³-hybridized carbons (Fsp3) is 0.200. The van der Waals surface area contributed by atoms with Gasteiger partial charge in [0.05, 0.1) is 6.61 Å². The summed E-state index contributed by atoms with van der Waals surface area (Å²) in [4.78, 5) is 0. The molecular formula is C10H9FO. The molecule has 0 saturated heterocycles. The van der Waals surface area contributed by atoms with Gasteiger partial charge in [-0.15, -0.1) is 0 Å². The molecule has 0 aromatic heterocycles. The smallest absolute Gasteiger partial charge is 0.165 e. The van der Waals surface area contributed by atoms with Crippen LogP contribution in [0, 0.1) is 5.82 Å². The van der Waals surface area contributed by atoms with Crippen molar-refractivity contribution in [3.63, 3.8) is 0 Å². The average Bonchev–Trinajstić information content (AvgIpc) is 2.07. The molecule has 62 valence electrons. The van der Waals surface area contributed by atoms with E-state index in [1.165, 1.54) is 6.07 Å². The average molecular weight is 164 g/mol. The third-order valence-corrected chi connectivity index (χ3v) is 2.00. The number of para-hydroxylation sites is 1. The number of ether oxygens (including phenoxy) is 1. The maximum atomic E-state index is 13.1. The van der Waals surface area contributed by atoms with Gasteiger partial charge in [0.2, 0.25) is 0 Å². The molecule has 0 atom stereocenters. The van der Waals surface area contributed by atoms with Gasteiger partial charge in [0.1, 0.15) is 0 Å². The number of rotatable bonds is 0. The van der Waals surface area contributed by atoms with Crippen molar-refractivity contribution < 1.29 is 9.13 Å². The Kier molecular flexibility index (Phi) is 1.61. The summed E-state index contributed by atoms with van der Waals surface area (Å²) in [6, 6.07) is 4.91. The Balaban J connectivity index is 2.59. The summed E-state index contributed by atoms with van der Waals surface area (Å²) in [5, 5.41) is 0. The Hall–Kier alpha value is -1.31. The predicted molar refractivity (Wildman–Crippen MR) is 45.5 cm³/mol. The lowest BCUT2D eigenvalue weighted by atomic mass is 10.0. The number of fused-ring (bicyclic) bond motifs is 1. The molecule has 12 heavy (non-hydrogen) atoms. The number of benzene rings is 1. The van der Waals surface area contributed by atoms with Crippen LogP contribution in [0.25, 0.3) is 5.57 Å². The Morgan fingerprint density at radius 2 is 2.25 bits per heavy atom. The molecule has 0 unspecified atom stereocenters. The fourth-order valence-electron chi connectivity index (χ4n) is 1.34. The molecule has 0 fully saturated rings. The van der Waals surface area contributed by atoms with Gasteiger partial charge in [-0.05, 0) is 11.6 Å². The Bertz CT molecular complexity index is 331. The molecule has 2 rings (SSSR count). The van der Waals surface area contributed by atoms with Gasteiger partial charge in [0, 0.05) is 12.0 Å². The lowest BCUT2D eigenvalue weighted by molar-refractivity contribution is 0.299. The van der Waals surface area contributed by atoms with Crippen LogP contribution in [0.2, 0.25) is 0 Å². The van der Waals surface area contributed by atoms with Crippen LogP contribution in [-0.4, -0.2) is 6.61 Å². The van der Waals surface area contributed by atoms with Crippen molar-refractivity contribution >= 4 is 5.57 Å². The minimum atomic E-state index is -0.298. The van der Waals surface area contributed by atoms with Gasteiger partial charge in [-0.25, -0.2) is 4.39 Å². The van der Waals surface area contributed by atoms with E-state index in [0.717, 1.165) is 17.6 Å². The molecule has 0 spiro atoms. The van der Waals surface area contributed by atoms with E-state index in [1.54, 1.807) is 6.07 Å². The van der Waals surface area contributed by atoms with Gasteiger partial charge in [-0.2, -0.15) is 0 Å². The van der Waals surface area contributed by atoms with Gasteiger partial charge in [0.25, 0.3) is 0 Å². The summed E-state index contributed by atoms with van der Waals surface area (Å²) in [5.74, 6) is 0.0575. The number of hydrogen-bond donors (Lipinski definition) is 0. The number of halogens is 1. The van der Waals surface area contributed by atoms with E-state index in [9.17, 15) is 4.39 Å². The van der Waals surface area contributed by atoms with Crippen molar-refractivity contribution in [1.82, 2.24) is 0 Å². The molecule has 0 saturated carbocycles. The van der Waals surface area contributed by atoms with Crippen molar-refractivity contribution in [2.24, 2.45) is 0 Å². The van der Waals surface area contributed by atoms with E-state index in [4.69, 9.17) is 4.74 Å². The fourth-order valence-corrected chi connectivity index (χ4v) is 1.34. The molecule has 1 aromatic rings. The van der Waals surface area contributed by atoms with Crippen LogP contribution in [-0.2, 0) is 0 Å². The lowest BCUT2D eigenvalue weighted by Gasteiger charge is -2.19. The van der Waals surface area contributed by atoms with Crippen molar-refractivity contribution in [2.45, 2.75) is 6.42 Å². The molecule has 0 radical (unpaired) electrons. The third-order valence-electron chi connectivity index (χ3n) is 2.00. The second kappa shape index (κ2) is 2.63. The molecule has 1 aromatic carbocycles. The molecule has 0 bridgehead atoms. The quantitative estimate of drug-likeness (QED) is 0.572. The summed E-state index contributed by atoms with van der Waals surface area (Å²) < 4.78 is 18.3. The monoisotopic (exact) mass is 164 g/mol. The Morgan fingerprint density at radius 1 is 1.42 bits per heavy atom. The first kappa shape index (κ1) is 7.35. The molecule has 1 aliphatic rings. The van der Waals surface area contributed by atoms with E-state index in [0.29, 0.717) is 12.4 Å². The van der Waals surface area contributed by atoms with Crippen LogP contribution in [0.3, 0.4) is 0 Å². The van der Waals surface area contributed by atoms with Gasteiger partial charge in [0.15, 0.2) is 11.6 Å². The highest BCUT2D eigenvalue weighted by atomic mass is 19.1. The van der Waals surface area contributed by atoms with E-state index in [-0.39, 0.29) is 5.82 Å². The van der Waals surface area contributed by atoms with Crippen molar-refractivity contribution in [3.8, 4) is 5.75 Å². The summed E-state index contributed by atoms with van der Waals surface area (Å²) in [7, 11) is 0. The highest BCUT2D eigenvalue weighted by molar-refractivity contribution is 5.70. The molecule has 1 nitrogen and oxygen atoms in total. The predicted octanol–water partition coefficient (Wildman–Crippen LogP) is 2.62. The molecule has 2 heteroatoms. The van der Waals surface area contributed by atoms with Crippen molar-refractivity contribution in [1.29, 1.82) is 0 Å². The molecule has 1 heterocycles. The van der Waals surface area contributed by atoms with E-state index >= 15 is 0 Å². The maximum absolute atomic E-state index is 13.1. The summed E-state index contributed by atoms with van der Waals surface area (Å²) in [6.45, 7) is 4.38. The van der Waals surface area contributed by atoms with Crippen LogP contribution in [0.4, 0.5) is 4.39 Å². The van der Waals surface area contributed by atoms with E-state index in [2.05, 4.69) is 6.58 Å². The molecule has 1 aliphatic heterocycles. The highest BCUT2D eigenvalue weighted by Crippen LogP contribution is 2.33. The van der Waals surface area contributed by atoms with Gasteiger partial charge >= 0.3 is 0 Å². The van der Waals surface area contributed by atoms with Crippen LogP contribution in [0.5, 0.6) is 5.75 Å². The molecular weight excluding hydrogens is 155 g/mol. The first-order valence-corrected chi connectivity index (χ1v) is 3.88. The Labute approximate surface area is 70.5 Å². The zero-order chi connectivity index (χ0) is 8.55. The minimum Gasteiger partial charge on any atom is -0.490 e. The van der Waals surface area contributed by atoms with Crippen LogP contribution in [0.15, 0.2) is 24.8 Å². The summed E-state index contributed by atoms with van der Waals surface area (Å²) in [5.41, 5.74) is 1.76. The third kappa shape index (κ3) is 0.998. The largest absolute Gasteiger partial charge is 0.490 e. The first-order chi connectivity index (χ1) is 5.79. The van der Waals surface area contributed by atoms with Gasteiger partial charge in [-0.3, -0.25) is 0 Å². The maximum Gasteiger partial charge on any atom is 0.165 e. The van der Waals surface area contributed by atoms with Gasteiger partial charge < -0.3 is 4.74 Å². The molecule has 0 amide bonds. The standard InChI is InChI=1S/C10H9FO/c1-7-5-6-12-10-8(7)3-2-4-9(10)11/h2-4H,1,5-6H2. The zero-order valence-electron chi connectivity index (χ0n) is 6.64. The van der Waals surface area contributed by atoms with Crippen molar-refractivity contribution in [3.05, 3.63) is 36.2 Å². The lowest BCUT2D eigenvalue weighted by Crippen LogP contribution is -2.08.